The third kappa shape index (κ3) is 16.7. The molecule has 1 unspecified atom stereocenters. The van der Waals surface area contributed by atoms with E-state index in [-0.39, 0.29) is 18.1 Å². The molecule has 0 saturated carbocycles. The van der Waals surface area contributed by atoms with Crippen LogP contribution in [0.1, 0.15) is 12.8 Å². The fourth-order valence-corrected chi connectivity index (χ4v) is 11.3. The zero-order valence-corrected chi connectivity index (χ0v) is 38.0. The van der Waals surface area contributed by atoms with Crippen molar-refractivity contribution >= 4 is 167 Å². The number of carbonyl (C=O) groups is 4. The predicted octanol–water partition coefficient (Wildman–Crippen LogP) is 5.27. The Bertz CT molecular complexity index is 1460. The maximum Gasteiger partial charge on any atom is 0.322 e. The van der Waals surface area contributed by atoms with Gasteiger partial charge in [-0.3, -0.25) is 23.7 Å². The van der Waals surface area contributed by atoms with Gasteiger partial charge in [-0.05, 0) is 160 Å². The van der Waals surface area contributed by atoms with Crippen molar-refractivity contribution < 1.29 is 61.1 Å². The van der Waals surface area contributed by atoms with Crippen LogP contribution in [0.25, 0.3) is 0 Å². The normalized spacial score (nSPS) is 13.3. The van der Waals surface area contributed by atoms with Crippen molar-refractivity contribution in [2.75, 3.05) is 47.5 Å². The maximum absolute atomic E-state index is 12.6. The van der Waals surface area contributed by atoms with E-state index in [1.165, 1.54) is 0 Å². The molecule has 0 aromatic heterocycles. The summed E-state index contributed by atoms with van der Waals surface area (Å²) in [5.41, 5.74) is 0. The maximum atomic E-state index is 12.6. The van der Waals surface area contributed by atoms with E-state index in [1.807, 2.05) is 112 Å². The Morgan fingerprint density at radius 3 is 1.59 bits per heavy atom. The van der Waals surface area contributed by atoms with Gasteiger partial charge in [-0.1, -0.05) is 0 Å². The molecule has 254 valence electrons. The second-order valence-electron chi connectivity index (χ2n) is 10.1. The highest BCUT2D eigenvalue weighted by Gasteiger charge is 2.25. The van der Waals surface area contributed by atoms with E-state index in [9.17, 15) is 28.6 Å². The summed E-state index contributed by atoms with van der Waals surface area (Å²) < 4.78 is 47.9. The number of likely N-dealkylation sites (N-methyl/N-ethyl adjacent to an activating group) is 1. The third-order valence-electron chi connectivity index (χ3n) is 5.09. The van der Waals surface area contributed by atoms with Crippen LogP contribution in [-0.4, -0.2) is 82.0 Å². The summed E-state index contributed by atoms with van der Waals surface area (Å²) in [5.74, 6) is -3.40. The molecule has 2 rings (SSSR count). The number of phosphoric acid groups is 1. The summed E-state index contributed by atoms with van der Waals surface area (Å²) in [4.78, 5) is 62.3. The molecule has 0 spiro atoms. The van der Waals surface area contributed by atoms with Crippen LogP contribution in [0.5, 0.6) is 11.5 Å². The second-order valence-corrected chi connectivity index (χ2v) is 18.6. The lowest BCUT2D eigenvalue weighted by Crippen LogP contribution is -2.37. The fraction of sp³-hybridized carbons (Fsp3) is 0.385. The van der Waals surface area contributed by atoms with Crippen molar-refractivity contribution in [2.24, 2.45) is 0 Å². The molecule has 2 aromatic carbocycles. The van der Waals surface area contributed by atoms with Crippen LogP contribution >= 0.6 is 143 Å². The van der Waals surface area contributed by atoms with Gasteiger partial charge in [0.1, 0.15) is 32.6 Å². The van der Waals surface area contributed by atoms with E-state index in [0.717, 1.165) is 7.14 Å². The summed E-state index contributed by atoms with van der Waals surface area (Å²) >= 11 is 12.2. The van der Waals surface area contributed by atoms with Gasteiger partial charge in [0.05, 0.1) is 42.0 Å². The highest BCUT2D eigenvalue weighted by Crippen LogP contribution is 2.38. The summed E-state index contributed by atoms with van der Waals surface area (Å²) in [6.45, 7) is -1.32. The van der Waals surface area contributed by atoms with Gasteiger partial charge in [0, 0.05) is 7.14 Å². The first-order chi connectivity index (χ1) is 21.2. The van der Waals surface area contributed by atoms with Crippen molar-refractivity contribution in [3.63, 3.8) is 0 Å². The third-order valence-corrected chi connectivity index (χ3v) is 10.5. The first-order valence-electron chi connectivity index (χ1n) is 12.7. The Hall–Kier alpha value is 0.770. The van der Waals surface area contributed by atoms with Crippen LogP contribution < -0.4 is 14.4 Å². The molecule has 0 aliphatic heterocycles. The average Bonchev–Trinajstić information content (AvgIpc) is 2.89. The van der Waals surface area contributed by atoms with E-state index >= 15 is 0 Å². The zero-order chi connectivity index (χ0) is 34.8. The van der Waals surface area contributed by atoms with Gasteiger partial charge < -0.3 is 37.4 Å². The molecule has 2 atom stereocenters. The summed E-state index contributed by atoms with van der Waals surface area (Å²) in [7, 11) is 0.672. The van der Waals surface area contributed by atoms with Crippen LogP contribution in [0.15, 0.2) is 24.3 Å². The number of ether oxygens (including phenoxy) is 4. The quantitative estimate of drug-likeness (QED) is 0.0536. The van der Waals surface area contributed by atoms with Crippen molar-refractivity contribution in [2.45, 2.75) is 18.9 Å². The number of carbonyl (C=O) groups excluding carboxylic acids is 4. The average molecular weight is 1340 g/mol. The standard InChI is InChI=1S/C26H26I6NO12P/c1-33(2,3)4-5-41-46(38,39)42-13-16(43-22(35)11-24(37)45-26-19(31)8-15(28)9-20(26)32)12-40-21(34)10-23(36)44-25-17(29)6-14(27)7-18(25)30/h6-9,16H,4-5,10-13H2,1-3H3/t16-/m1/s1. The zero-order valence-electron chi connectivity index (χ0n) is 24.2. The van der Waals surface area contributed by atoms with E-state index in [4.69, 9.17) is 28.0 Å². The van der Waals surface area contributed by atoms with Crippen LogP contribution in [0.2, 0.25) is 0 Å². The monoisotopic (exact) mass is 1340 g/mol. The minimum atomic E-state index is -4.85. The van der Waals surface area contributed by atoms with Crippen LogP contribution in [-0.2, 0) is 42.3 Å². The van der Waals surface area contributed by atoms with Crippen LogP contribution in [0.4, 0.5) is 0 Å². The molecular formula is C26H26I6NO12P. The number of rotatable bonds is 16. The van der Waals surface area contributed by atoms with Gasteiger partial charge in [0.25, 0.3) is 7.82 Å². The molecule has 13 nitrogen and oxygen atoms in total. The highest BCUT2D eigenvalue weighted by atomic mass is 127. The number of benzene rings is 2. The highest BCUT2D eigenvalue weighted by molar-refractivity contribution is 14.1. The second kappa shape index (κ2) is 20.0. The molecule has 0 aliphatic carbocycles. The molecule has 0 fully saturated rings. The van der Waals surface area contributed by atoms with Gasteiger partial charge in [0.2, 0.25) is 0 Å². The first kappa shape index (κ1) is 42.9. The van der Waals surface area contributed by atoms with Crippen molar-refractivity contribution in [1.82, 2.24) is 0 Å². The molecule has 46 heavy (non-hydrogen) atoms. The lowest BCUT2D eigenvalue weighted by Gasteiger charge is -2.28. The van der Waals surface area contributed by atoms with E-state index in [2.05, 4.69) is 45.2 Å². The Kier molecular flexibility index (Phi) is 18.6. The molecule has 0 aliphatic rings. The van der Waals surface area contributed by atoms with Crippen LogP contribution in [0, 0.1) is 21.4 Å². The van der Waals surface area contributed by atoms with E-state index in [0.29, 0.717) is 25.3 Å². The number of hydrogen-bond donors (Lipinski definition) is 0. The first-order valence-corrected chi connectivity index (χ1v) is 20.6. The SMILES string of the molecule is C[N+](C)(C)CCOP(=O)([O-])OC[C@@H](COC(=O)CC(=O)Oc1c(I)cc(I)cc1I)OC(=O)CC(=O)Oc1c(I)cc(I)cc1I. The Morgan fingerprint density at radius 2 is 1.15 bits per heavy atom. The molecule has 0 heterocycles. The Balaban J connectivity index is 2.04. The topological polar surface area (TPSA) is 164 Å². The van der Waals surface area contributed by atoms with Crippen molar-refractivity contribution in [3.8, 4) is 11.5 Å². The smallest absolute Gasteiger partial charge is 0.322 e. The van der Waals surface area contributed by atoms with Gasteiger partial charge in [-0.15, -0.1) is 0 Å². The van der Waals surface area contributed by atoms with Gasteiger partial charge in [0.15, 0.2) is 17.6 Å². The molecule has 0 bridgehead atoms. The summed E-state index contributed by atoms with van der Waals surface area (Å²) in [6, 6.07) is 7.16. The summed E-state index contributed by atoms with van der Waals surface area (Å²) in [6.07, 6.45) is -3.11. The Morgan fingerprint density at radius 1 is 0.717 bits per heavy atom. The molecule has 0 amide bonds. The molecular weight excluding hydrogens is 1310 g/mol. The number of hydrogen-bond acceptors (Lipinski definition) is 12. The number of phosphoric ester groups is 1. The van der Waals surface area contributed by atoms with Crippen LogP contribution in [0.3, 0.4) is 0 Å². The fourth-order valence-electron chi connectivity index (χ4n) is 3.01. The molecule has 20 heteroatoms. The lowest BCUT2D eigenvalue weighted by molar-refractivity contribution is -0.870. The number of nitrogens with zero attached hydrogens (tertiary/aromatic N) is 1. The molecule has 0 radical (unpaired) electrons. The van der Waals surface area contributed by atoms with Gasteiger partial charge >= 0.3 is 23.9 Å². The van der Waals surface area contributed by atoms with Gasteiger partial charge in [-0.2, -0.15) is 0 Å². The Labute approximate surface area is 347 Å². The molecule has 0 saturated heterocycles. The van der Waals surface area contributed by atoms with E-state index < -0.39 is 63.9 Å². The number of esters is 4. The summed E-state index contributed by atoms with van der Waals surface area (Å²) in [5, 5.41) is 0. The van der Waals surface area contributed by atoms with Crippen molar-refractivity contribution in [1.29, 1.82) is 0 Å². The predicted molar refractivity (Wildman–Crippen MR) is 213 cm³/mol. The number of quaternary nitrogens is 1. The molecule has 2 aromatic rings. The minimum absolute atomic E-state index is 0.174. The lowest BCUT2D eigenvalue weighted by atomic mass is 10.3. The van der Waals surface area contributed by atoms with Crippen molar-refractivity contribution in [3.05, 3.63) is 45.7 Å². The minimum Gasteiger partial charge on any atom is -0.756 e. The molecule has 0 N–H and O–H groups in total. The van der Waals surface area contributed by atoms with E-state index in [1.54, 1.807) is 24.3 Å². The largest absolute Gasteiger partial charge is 0.756 e. The number of halogens is 6. The van der Waals surface area contributed by atoms with Gasteiger partial charge in [-0.25, -0.2) is 0 Å².